The number of rotatable bonds is 5. The second-order valence-corrected chi connectivity index (χ2v) is 5.72. The molecular formula is C18H17N3O3S. The SMILES string of the molecule is COc1ccc(-c2cc(=O)[nH]c(=S)n2Cc2cccnc2)c(OC)c1. The van der Waals surface area contributed by atoms with Crippen molar-refractivity contribution in [1.82, 2.24) is 14.5 Å². The maximum Gasteiger partial charge on any atom is 0.252 e. The van der Waals surface area contributed by atoms with E-state index in [-0.39, 0.29) is 5.56 Å². The highest BCUT2D eigenvalue weighted by atomic mass is 32.1. The maximum absolute atomic E-state index is 12.0. The van der Waals surface area contributed by atoms with E-state index in [4.69, 9.17) is 21.7 Å². The Hall–Kier alpha value is -2.93. The minimum atomic E-state index is -0.264. The van der Waals surface area contributed by atoms with Crippen molar-refractivity contribution in [3.05, 3.63) is 69.5 Å². The van der Waals surface area contributed by atoms with Crippen molar-refractivity contribution < 1.29 is 9.47 Å². The molecule has 0 saturated heterocycles. The van der Waals surface area contributed by atoms with Crippen molar-refractivity contribution in [1.29, 1.82) is 0 Å². The van der Waals surface area contributed by atoms with E-state index in [9.17, 15) is 4.79 Å². The lowest BCUT2D eigenvalue weighted by Crippen LogP contribution is -2.15. The molecule has 0 spiro atoms. The van der Waals surface area contributed by atoms with Crippen LogP contribution in [0.3, 0.4) is 0 Å². The summed E-state index contributed by atoms with van der Waals surface area (Å²) >= 11 is 5.38. The van der Waals surface area contributed by atoms with Crippen molar-refractivity contribution in [2.24, 2.45) is 0 Å². The Balaban J connectivity index is 2.19. The predicted molar refractivity (Wildman–Crippen MR) is 97.8 cm³/mol. The molecular weight excluding hydrogens is 338 g/mol. The van der Waals surface area contributed by atoms with Crippen LogP contribution in [0.2, 0.25) is 0 Å². The van der Waals surface area contributed by atoms with Crippen LogP contribution in [-0.2, 0) is 6.54 Å². The fraction of sp³-hybridized carbons (Fsp3) is 0.167. The van der Waals surface area contributed by atoms with E-state index in [2.05, 4.69) is 9.97 Å². The van der Waals surface area contributed by atoms with Gasteiger partial charge in [0, 0.05) is 30.1 Å². The third-order valence-electron chi connectivity index (χ3n) is 3.78. The summed E-state index contributed by atoms with van der Waals surface area (Å²) in [5, 5.41) is 0. The molecule has 25 heavy (non-hydrogen) atoms. The summed E-state index contributed by atoms with van der Waals surface area (Å²) < 4.78 is 12.9. The summed E-state index contributed by atoms with van der Waals surface area (Å²) in [4.78, 5) is 18.8. The Morgan fingerprint density at radius 2 is 2.04 bits per heavy atom. The Morgan fingerprint density at radius 1 is 1.20 bits per heavy atom. The van der Waals surface area contributed by atoms with Crippen molar-refractivity contribution in [3.63, 3.8) is 0 Å². The van der Waals surface area contributed by atoms with Crippen molar-refractivity contribution in [2.45, 2.75) is 6.54 Å². The Labute approximate surface area is 149 Å². The van der Waals surface area contributed by atoms with E-state index in [1.165, 1.54) is 6.07 Å². The lowest BCUT2D eigenvalue weighted by atomic mass is 10.1. The zero-order valence-electron chi connectivity index (χ0n) is 13.9. The highest BCUT2D eigenvalue weighted by Crippen LogP contribution is 2.33. The molecule has 0 fully saturated rings. The van der Waals surface area contributed by atoms with Gasteiger partial charge in [0.15, 0.2) is 4.77 Å². The van der Waals surface area contributed by atoms with Crippen LogP contribution in [0.5, 0.6) is 11.5 Å². The molecule has 6 nitrogen and oxygen atoms in total. The van der Waals surface area contributed by atoms with Crippen LogP contribution >= 0.6 is 12.2 Å². The molecule has 0 amide bonds. The number of aromatic amines is 1. The lowest BCUT2D eigenvalue weighted by molar-refractivity contribution is 0.395. The summed E-state index contributed by atoms with van der Waals surface area (Å²) in [7, 11) is 3.16. The molecule has 0 bridgehead atoms. The third-order valence-corrected chi connectivity index (χ3v) is 4.10. The molecule has 1 aromatic carbocycles. The van der Waals surface area contributed by atoms with Gasteiger partial charge in [-0.1, -0.05) is 6.07 Å². The standard InChI is InChI=1S/C18H17N3O3S/c1-23-13-5-6-14(16(8-13)24-2)15-9-17(22)20-18(25)21(15)11-12-4-3-7-19-10-12/h3-10H,11H2,1-2H3,(H,20,22,25). The first-order valence-corrected chi connectivity index (χ1v) is 7.98. The Morgan fingerprint density at radius 3 is 2.72 bits per heavy atom. The number of pyridine rings is 1. The molecule has 3 aromatic rings. The molecule has 0 aliphatic rings. The van der Waals surface area contributed by atoms with Crippen molar-refractivity contribution >= 4 is 12.2 Å². The van der Waals surface area contributed by atoms with Crippen molar-refractivity contribution in [3.8, 4) is 22.8 Å². The zero-order chi connectivity index (χ0) is 17.8. The predicted octanol–water partition coefficient (Wildman–Crippen LogP) is 3.03. The maximum atomic E-state index is 12.0. The second kappa shape index (κ2) is 7.31. The van der Waals surface area contributed by atoms with Gasteiger partial charge in [0.05, 0.1) is 26.5 Å². The largest absolute Gasteiger partial charge is 0.497 e. The van der Waals surface area contributed by atoms with Gasteiger partial charge >= 0.3 is 0 Å². The van der Waals surface area contributed by atoms with Crippen LogP contribution < -0.4 is 15.0 Å². The topological polar surface area (TPSA) is 69.1 Å². The second-order valence-electron chi connectivity index (χ2n) is 5.34. The van der Waals surface area contributed by atoms with Gasteiger partial charge in [0.25, 0.3) is 5.56 Å². The Bertz CT molecular complexity index is 996. The first kappa shape index (κ1) is 16.9. The van der Waals surface area contributed by atoms with Gasteiger partial charge < -0.3 is 14.0 Å². The first-order chi connectivity index (χ1) is 12.1. The first-order valence-electron chi connectivity index (χ1n) is 7.58. The zero-order valence-corrected chi connectivity index (χ0v) is 14.7. The molecule has 0 unspecified atom stereocenters. The molecule has 0 radical (unpaired) electrons. The molecule has 128 valence electrons. The van der Waals surface area contributed by atoms with E-state index in [0.717, 1.165) is 11.1 Å². The van der Waals surface area contributed by atoms with Crippen LogP contribution in [0.25, 0.3) is 11.3 Å². The molecule has 2 aromatic heterocycles. The number of hydrogen-bond donors (Lipinski definition) is 1. The summed E-state index contributed by atoms with van der Waals surface area (Å²) in [6, 6.07) is 10.8. The average Bonchev–Trinajstić information content (AvgIpc) is 2.64. The van der Waals surface area contributed by atoms with Gasteiger partial charge in [-0.05, 0) is 36.0 Å². The number of hydrogen-bond acceptors (Lipinski definition) is 5. The number of ether oxygens (including phenoxy) is 2. The van der Waals surface area contributed by atoms with Crippen LogP contribution in [0.15, 0.2) is 53.6 Å². The number of methoxy groups -OCH3 is 2. The van der Waals surface area contributed by atoms with Gasteiger partial charge in [-0.3, -0.25) is 14.8 Å². The summed E-state index contributed by atoms with van der Waals surface area (Å²) in [6.07, 6.45) is 3.48. The smallest absolute Gasteiger partial charge is 0.252 e. The van der Waals surface area contributed by atoms with Crippen LogP contribution in [0.1, 0.15) is 5.56 Å². The van der Waals surface area contributed by atoms with E-state index < -0.39 is 0 Å². The summed E-state index contributed by atoms with van der Waals surface area (Å²) in [5.41, 5.74) is 2.13. The Kier molecular flexibility index (Phi) is 4.95. The van der Waals surface area contributed by atoms with E-state index in [1.54, 1.807) is 32.7 Å². The lowest BCUT2D eigenvalue weighted by Gasteiger charge is -2.16. The van der Waals surface area contributed by atoms with Gasteiger partial charge in [-0.25, -0.2) is 0 Å². The van der Waals surface area contributed by atoms with E-state index in [0.29, 0.717) is 28.5 Å². The minimum absolute atomic E-state index is 0.264. The molecule has 7 heteroatoms. The number of H-pyrrole nitrogens is 1. The molecule has 2 heterocycles. The number of nitrogens with zero attached hydrogens (tertiary/aromatic N) is 2. The summed E-state index contributed by atoms with van der Waals surface area (Å²) in [5.74, 6) is 1.27. The van der Waals surface area contributed by atoms with Crippen LogP contribution in [0.4, 0.5) is 0 Å². The fourth-order valence-corrected chi connectivity index (χ4v) is 2.85. The van der Waals surface area contributed by atoms with E-state index >= 15 is 0 Å². The van der Waals surface area contributed by atoms with Gasteiger partial charge in [-0.15, -0.1) is 0 Å². The molecule has 0 atom stereocenters. The van der Waals surface area contributed by atoms with E-state index in [1.807, 2.05) is 28.8 Å². The molecule has 0 saturated carbocycles. The molecule has 0 aliphatic carbocycles. The third kappa shape index (κ3) is 3.61. The van der Waals surface area contributed by atoms with Crippen LogP contribution in [0, 0.1) is 4.77 Å². The number of benzene rings is 1. The quantitative estimate of drug-likeness (QED) is 0.713. The van der Waals surface area contributed by atoms with Gasteiger partial charge in [-0.2, -0.15) is 0 Å². The minimum Gasteiger partial charge on any atom is -0.497 e. The van der Waals surface area contributed by atoms with Gasteiger partial charge in [0.2, 0.25) is 0 Å². The fourth-order valence-electron chi connectivity index (χ4n) is 2.58. The normalized spacial score (nSPS) is 10.5. The highest BCUT2D eigenvalue weighted by Gasteiger charge is 2.13. The highest BCUT2D eigenvalue weighted by molar-refractivity contribution is 7.71. The molecule has 0 aliphatic heterocycles. The molecule has 1 N–H and O–H groups in total. The van der Waals surface area contributed by atoms with Crippen LogP contribution in [-0.4, -0.2) is 28.8 Å². The van der Waals surface area contributed by atoms with Crippen molar-refractivity contribution in [2.75, 3.05) is 14.2 Å². The molecule has 3 rings (SSSR count). The van der Waals surface area contributed by atoms with Gasteiger partial charge in [0.1, 0.15) is 11.5 Å². The monoisotopic (exact) mass is 355 g/mol. The number of nitrogens with one attached hydrogen (secondary N) is 1. The summed E-state index contributed by atoms with van der Waals surface area (Å²) in [6.45, 7) is 0.480. The average molecular weight is 355 g/mol. The number of aromatic nitrogens is 3.